The minimum atomic E-state index is -5.18. The lowest BCUT2D eigenvalue weighted by Gasteiger charge is -2.24. The monoisotopic (exact) mass is 232 g/mol. The Balaban J connectivity index is 2.63. The number of hydrogen-bond acceptors (Lipinski definition) is 2. The van der Waals surface area contributed by atoms with E-state index in [0.717, 1.165) is 0 Å². The number of alkyl halides is 3. The van der Waals surface area contributed by atoms with E-state index in [1.54, 1.807) is 0 Å². The van der Waals surface area contributed by atoms with E-state index in [-0.39, 0.29) is 13.0 Å². The number of allylic oxidation sites excluding steroid dienone is 1. The summed E-state index contributed by atoms with van der Waals surface area (Å²) in [5, 5.41) is 0. The summed E-state index contributed by atoms with van der Waals surface area (Å²) < 4.78 is 68.7. The fraction of sp³-hybridized carbons (Fsp3) is 0.750. The van der Waals surface area contributed by atoms with Crippen molar-refractivity contribution in [2.45, 2.75) is 31.7 Å². The van der Waals surface area contributed by atoms with Crippen LogP contribution in [0.25, 0.3) is 0 Å². The van der Waals surface area contributed by atoms with E-state index in [2.05, 4.69) is 4.74 Å². The average molecular weight is 232 g/mol. The predicted octanol–water partition coefficient (Wildman–Crippen LogP) is 3.20. The summed E-state index contributed by atoms with van der Waals surface area (Å²) >= 11 is 0. The van der Waals surface area contributed by atoms with Crippen molar-refractivity contribution in [3.8, 4) is 0 Å². The zero-order chi connectivity index (χ0) is 11.5. The fourth-order valence-electron chi connectivity index (χ4n) is 1.15. The molecule has 0 amide bonds. The minimum Gasteiger partial charge on any atom is -0.455 e. The molecule has 0 radical (unpaired) electrons. The van der Waals surface area contributed by atoms with Crippen molar-refractivity contribution < 1.29 is 31.4 Å². The molecule has 1 atom stereocenters. The zero-order valence-corrected chi connectivity index (χ0v) is 7.61. The number of halogens is 5. The molecule has 0 bridgehead atoms. The first-order valence-electron chi connectivity index (χ1n) is 4.32. The van der Waals surface area contributed by atoms with E-state index in [0.29, 0.717) is 12.8 Å². The van der Waals surface area contributed by atoms with Crippen molar-refractivity contribution in [2.24, 2.45) is 0 Å². The predicted molar refractivity (Wildman–Crippen MR) is 40.0 cm³/mol. The highest BCUT2D eigenvalue weighted by Gasteiger charge is 2.42. The highest BCUT2D eigenvalue weighted by molar-refractivity contribution is 5.01. The Bertz CT molecular complexity index is 238. The van der Waals surface area contributed by atoms with Gasteiger partial charge in [0.1, 0.15) is 0 Å². The summed E-state index contributed by atoms with van der Waals surface area (Å²) in [6, 6.07) is 0. The Labute approximate surface area is 82.7 Å². The van der Waals surface area contributed by atoms with Crippen LogP contribution >= 0.6 is 0 Å². The van der Waals surface area contributed by atoms with E-state index in [1.807, 2.05) is 0 Å². The highest BCUT2D eigenvalue weighted by Crippen LogP contribution is 2.32. The lowest BCUT2D eigenvalue weighted by Crippen LogP contribution is -2.27. The van der Waals surface area contributed by atoms with E-state index in [1.165, 1.54) is 0 Å². The second-order valence-electron chi connectivity index (χ2n) is 3.00. The molecule has 1 fully saturated rings. The van der Waals surface area contributed by atoms with Crippen molar-refractivity contribution in [1.29, 1.82) is 0 Å². The molecule has 15 heavy (non-hydrogen) atoms. The van der Waals surface area contributed by atoms with Crippen LogP contribution in [-0.4, -0.2) is 19.1 Å². The molecule has 0 spiro atoms. The Kier molecular flexibility index (Phi) is 3.90. The first-order chi connectivity index (χ1) is 6.91. The largest absolute Gasteiger partial charge is 0.455 e. The standard InChI is InChI=1S/C8H9F5O2/c9-7(10)6(8(11,12)13)15-5-3-1-2-4-14-5/h5H,1-4H2. The first-order valence-corrected chi connectivity index (χ1v) is 4.32. The van der Waals surface area contributed by atoms with Gasteiger partial charge in [0.25, 0.3) is 5.76 Å². The van der Waals surface area contributed by atoms with Crippen molar-refractivity contribution in [1.82, 2.24) is 0 Å². The van der Waals surface area contributed by atoms with Crippen LogP contribution < -0.4 is 0 Å². The van der Waals surface area contributed by atoms with Gasteiger partial charge in [0, 0.05) is 6.42 Å². The van der Waals surface area contributed by atoms with Crippen LogP contribution in [0.4, 0.5) is 22.0 Å². The lowest BCUT2D eigenvalue weighted by atomic mass is 10.2. The molecule has 1 rings (SSSR count). The molecular weight excluding hydrogens is 223 g/mol. The molecule has 0 N–H and O–H groups in total. The van der Waals surface area contributed by atoms with Gasteiger partial charge in [-0.15, -0.1) is 0 Å². The molecular formula is C8H9F5O2. The third-order valence-electron chi connectivity index (χ3n) is 1.82. The van der Waals surface area contributed by atoms with Crippen molar-refractivity contribution in [2.75, 3.05) is 6.61 Å². The topological polar surface area (TPSA) is 18.5 Å². The summed E-state index contributed by atoms with van der Waals surface area (Å²) in [4.78, 5) is 0. The van der Waals surface area contributed by atoms with Gasteiger partial charge in [-0.05, 0) is 12.8 Å². The maximum Gasteiger partial charge on any atom is 0.454 e. The van der Waals surface area contributed by atoms with Gasteiger partial charge in [0.05, 0.1) is 6.61 Å². The summed E-state index contributed by atoms with van der Waals surface area (Å²) in [6.45, 7) is 0.226. The van der Waals surface area contributed by atoms with Gasteiger partial charge >= 0.3 is 12.3 Å². The second-order valence-corrected chi connectivity index (χ2v) is 3.00. The summed E-state index contributed by atoms with van der Waals surface area (Å²) in [6.07, 6.45) is -7.80. The maximum absolute atomic E-state index is 12.0. The van der Waals surface area contributed by atoms with Gasteiger partial charge in [0.15, 0.2) is 6.29 Å². The SMILES string of the molecule is FC(F)=C(OC1CCCCO1)C(F)(F)F. The van der Waals surface area contributed by atoms with Crippen molar-refractivity contribution >= 4 is 0 Å². The van der Waals surface area contributed by atoms with Gasteiger partial charge in [-0.25, -0.2) is 0 Å². The molecule has 88 valence electrons. The normalized spacial score (nSPS) is 22.3. The molecule has 0 aromatic heterocycles. The van der Waals surface area contributed by atoms with Gasteiger partial charge < -0.3 is 9.47 Å². The highest BCUT2D eigenvalue weighted by atomic mass is 19.4. The Hall–Kier alpha value is -0.850. The fourth-order valence-corrected chi connectivity index (χ4v) is 1.15. The van der Waals surface area contributed by atoms with Gasteiger partial charge in [-0.3, -0.25) is 0 Å². The molecule has 0 aromatic rings. The van der Waals surface area contributed by atoms with Crippen LogP contribution in [-0.2, 0) is 9.47 Å². The smallest absolute Gasteiger partial charge is 0.454 e. The third-order valence-corrected chi connectivity index (χ3v) is 1.82. The third kappa shape index (κ3) is 3.65. The lowest BCUT2D eigenvalue weighted by molar-refractivity contribution is -0.200. The van der Waals surface area contributed by atoms with Crippen LogP contribution in [0.2, 0.25) is 0 Å². The number of ether oxygens (including phenoxy) is 2. The maximum atomic E-state index is 12.0. The van der Waals surface area contributed by atoms with E-state index >= 15 is 0 Å². The van der Waals surface area contributed by atoms with Gasteiger partial charge in [-0.1, -0.05) is 0 Å². The minimum absolute atomic E-state index is 0.187. The molecule has 0 saturated carbocycles. The molecule has 7 heteroatoms. The Morgan fingerprint density at radius 3 is 2.27 bits per heavy atom. The molecule has 2 nitrogen and oxygen atoms in total. The first kappa shape index (κ1) is 12.2. The molecule has 0 aliphatic carbocycles. The van der Waals surface area contributed by atoms with E-state index in [4.69, 9.17) is 4.74 Å². The number of hydrogen-bond donors (Lipinski definition) is 0. The summed E-state index contributed by atoms with van der Waals surface area (Å²) in [7, 11) is 0. The zero-order valence-electron chi connectivity index (χ0n) is 7.61. The van der Waals surface area contributed by atoms with Crippen molar-refractivity contribution in [3.05, 3.63) is 11.8 Å². The van der Waals surface area contributed by atoms with Crippen LogP contribution in [0.15, 0.2) is 11.8 Å². The van der Waals surface area contributed by atoms with E-state index in [9.17, 15) is 22.0 Å². The van der Waals surface area contributed by atoms with Crippen LogP contribution in [0, 0.1) is 0 Å². The molecule has 0 aromatic carbocycles. The van der Waals surface area contributed by atoms with Crippen molar-refractivity contribution in [3.63, 3.8) is 0 Å². The van der Waals surface area contributed by atoms with Gasteiger partial charge in [-0.2, -0.15) is 22.0 Å². The Morgan fingerprint density at radius 1 is 1.20 bits per heavy atom. The molecule has 1 heterocycles. The quantitative estimate of drug-likeness (QED) is 0.537. The summed E-state index contributed by atoms with van der Waals surface area (Å²) in [5.74, 6) is -2.26. The molecule has 1 aliphatic rings. The molecule has 1 unspecified atom stereocenters. The van der Waals surface area contributed by atoms with Crippen LogP contribution in [0.3, 0.4) is 0 Å². The van der Waals surface area contributed by atoms with Gasteiger partial charge in [0.2, 0.25) is 0 Å². The Morgan fingerprint density at radius 2 is 1.87 bits per heavy atom. The van der Waals surface area contributed by atoms with Crippen LogP contribution in [0.5, 0.6) is 0 Å². The molecule has 1 saturated heterocycles. The van der Waals surface area contributed by atoms with Crippen LogP contribution in [0.1, 0.15) is 19.3 Å². The second kappa shape index (κ2) is 4.78. The summed E-state index contributed by atoms with van der Waals surface area (Å²) in [5.41, 5.74) is 0. The average Bonchev–Trinajstić information content (AvgIpc) is 2.13. The molecule has 1 aliphatic heterocycles. The van der Waals surface area contributed by atoms with E-state index < -0.39 is 24.3 Å². The number of rotatable bonds is 2.